The van der Waals surface area contributed by atoms with Gasteiger partial charge >= 0.3 is 5.97 Å². The second kappa shape index (κ2) is 11.6. The predicted molar refractivity (Wildman–Crippen MR) is 154 cm³/mol. The van der Waals surface area contributed by atoms with Crippen LogP contribution in [-0.2, 0) is 6.42 Å². The van der Waals surface area contributed by atoms with Gasteiger partial charge in [-0.2, -0.15) is 0 Å². The van der Waals surface area contributed by atoms with E-state index < -0.39 is 11.8 Å². The van der Waals surface area contributed by atoms with Crippen LogP contribution in [0.5, 0.6) is 0 Å². The third-order valence-electron chi connectivity index (χ3n) is 8.10. The van der Waals surface area contributed by atoms with Crippen LogP contribution in [-0.4, -0.2) is 69.1 Å². The maximum atomic E-state index is 14.3. The van der Waals surface area contributed by atoms with E-state index in [9.17, 15) is 19.1 Å². The molecule has 3 heterocycles. The number of fused-ring (bicyclic) bond motifs is 1. The molecule has 1 saturated heterocycles. The average Bonchev–Trinajstić information content (AvgIpc) is 3.35. The molecule has 0 saturated carbocycles. The molecule has 0 unspecified atom stereocenters. The summed E-state index contributed by atoms with van der Waals surface area (Å²) in [6.45, 7) is 6.64. The number of carboxylic acids is 1. The lowest BCUT2D eigenvalue weighted by Gasteiger charge is -2.32. The van der Waals surface area contributed by atoms with Crippen LogP contribution >= 0.6 is 0 Å². The normalized spacial score (nSPS) is 14.6. The topological polar surface area (TPSA) is 78.7 Å². The van der Waals surface area contributed by atoms with Gasteiger partial charge in [0.2, 0.25) is 0 Å². The first-order valence-electron chi connectivity index (χ1n) is 13.8. The number of aromatic nitrogens is 2. The Morgan fingerprint density at radius 3 is 2.62 bits per heavy atom. The van der Waals surface area contributed by atoms with E-state index in [0.717, 1.165) is 55.4 Å². The highest BCUT2D eigenvalue weighted by Crippen LogP contribution is 2.36. The molecule has 2 aromatic carbocycles. The van der Waals surface area contributed by atoms with E-state index in [2.05, 4.69) is 16.1 Å². The molecule has 1 fully saturated rings. The van der Waals surface area contributed by atoms with Gasteiger partial charge in [-0.25, -0.2) is 9.18 Å². The standard InChI is InChI=1S/C32H35FN4O3/c1-21(2)35(3)31(38)27-18-25(33)7-8-29(27)37-20-28(26-9-13-34-19-30(26)37)23-11-15-36(16-12-23)14-10-22-5-4-6-24(17-22)32(39)40/h4-9,13,17-21,23H,10-12,14-16H2,1-3H3,(H,39,40). The van der Waals surface area contributed by atoms with Crippen LogP contribution in [0, 0.1) is 5.82 Å². The summed E-state index contributed by atoms with van der Waals surface area (Å²) in [6, 6.07) is 13.6. The molecule has 2 aromatic heterocycles. The summed E-state index contributed by atoms with van der Waals surface area (Å²) in [5.74, 6) is -1.23. The van der Waals surface area contributed by atoms with Gasteiger partial charge in [-0.15, -0.1) is 0 Å². The van der Waals surface area contributed by atoms with Gasteiger partial charge in [-0.05, 0) is 99.6 Å². The molecule has 0 bridgehead atoms. The molecule has 0 atom stereocenters. The first-order valence-corrected chi connectivity index (χ1v) is 13.8. The van der Waals surface area contributed by atoms with Gasteiger partial charge in [0, 0.05) is 37.4 Å². The third kappa shape index (κ3) is 5.63. The van der Waals surface area contributed by atoms with Gasteiger partial charge in [0.1, 0.15) is 5.82 Å². The number of aromatic carboxylic acids is 1. The molecule has 40 heavy (non-hydrogen) atoms. The van der Waals surface area contributed by atoms with Gasteiger partial charge in [0.15, 0.2) is 0 Å². The fourth-order valence-electron chi connectivity index (χ4n) is 5.55. The summed E-state index contributed by atoms with van der Waals surface area (Å²) in [5, 5.41) is 10.4. The van der Waals surface area contributed by atoms with Gasteiger partial charge in [0.05, 0.1) is 28.5 Å². The lowest BCUT2D eigenvalue weighted by molar-refractivity contribution is 0.0695. The van der Waals surface area contributed by atoms with Gasteiger partial charge in [-0.1, -0.05) is 12.1 Å². The molecule has 0 aliphatic carbocycles. The summed E-state index contributed by atoms with van der Waals surface area (Å²) in [4.78, 5) is 33.0. The quantitative estimate of drug-likeness (QED) is 0.306. The Labute approximate surface area is 233 Å². The molecule has 1 amide bonds. The fraction of sp³-hybridized carbons (Fsp3) is 0.344. The second-order valence-electron chi connectivity index (χ2n) is 10.9. The summed E-state index contributed by atoms with van der Waals surface area (Å²) < 4.78 is 16.3. The predicted octanol–water partition coefficient (Wildman–Crippen LogP) is 5.77. The number of amides is 1. The maximum Gasteiger partial charge on any atom is 0.335 e. The van der Waals surface area contributed by atoms with E-state index in [-0.39, 0.29) is 11.9 Å². The monoisotopic (exact) mass is 542 g/mol. The lowest BCUT2D eigenvalue weighted by Crippen LogP contribution is -2.34. The van der Waals surface area contributed by atoms with E-state index >= 15 is 0 Å². The van der Waals surface area contributed by atoms with Crippen LogP contribution < -0.4 is 0 Å². The Kier molecular flexibility index (Phi) is 7.98. The van der Waals surface area contributed by atoms with Crippen molar-refractivity contribution in [3.8, 4) is 5.69 Å². The van der Waals surface area contributed by atoms with Crippen molar-refractivity contribution < 1.29 is 19.1 Å². The van der Waals surface area contributed by atoms with Crippen molar-refractivity contribution in [1.82, 2.24) is 19.4 Å². The molecule has 5 rings (SSSR count). The summed E-state index contributed by atoms with van der Waals surface area (Å²) in [7, 11) is 1.74. The van der Waals surface area contributed by atoms with Crippen molar-refractivity contribution in [1.29, 1.82) is 0 Å². The van der Waals surface area contributed by atoms with E-state index in [1.807, 2.05) is 36.7 Å². The molecule has 208 valence electrons. The van der Waals surface area contributed by atoms with Crippen molar-refractivity contribution in [2.24, 2.45) is 0 Å². The number of carbonyl (C=O) groups excluding carboxylic acids is 1. The summed E-state index contributed by atoms with van der Waals surface area (Å²) in [6.07, 6.45) is 8.49. The van der Waals surface area contributed by atoms with Crippen molar-refractivity contribution >= 4 is 22.8 Å². The molecule has 8 heteroatoms. The molecule has 1 N–H and O–H groups in total. The summed E-state index contributed by atoms with van der Waals surface area (Å²) in [5.41, 5.74) is 4.43. The number of benzene rings is 2. The Morgan fingerprint density at radius 1 is 1.12 bits per heavy atom. The Hall–Kier alpha value is -4.04. The third-order valence-corrected chi connectivity index (χ3v) is 8.10. The molecule has 1 aliphatic rings. The highest BCUT2D eigenvalue weighted by molar-refractivity contribution is 5.99. The number of halogens is 1. The zero-order valence-corrected chi connectivity index (χ0v) is 23.2. The van der Waals surface area contributed by atoms with E-state index in [4.69, 9.17) is 0 Å². The molecule has 0 radical (unpaired) electrons. The minimum absolute atomic E-state index is 0.0199. The van der Waals surface area contributed by atoms with E-state index in [1.165, 1.54) is 17.7 Å². The first-order chi connectivity index (χ1) is 19.2. The van der Waals surface area contributed by atoms with Gasteiger partial charge in [0.25, 0.3) is 5.91 Å². The number of piperidine rings is 1. The Morgan fingerprint density at radius 2 is 1.90 bits per heavy atom. The minimum atomic E-state index is -0.902. The zero-order valence-electron chi connectivity index (χ0n) is 23.2. The lowest BCUT2D eigenvalue weighted by atomic mass is 9.89. The van der Waals surface area contributed by atoms with Gasteiger partial charge in [-0.3, -0.25) is 9.78 Å². The van der Waals surface area contributed by atoms with Crippen LogP contribution in [0.2, 0.25) is 0 Å². The number of hydrogen-bond donors (Lipinski definition) is 1. The highest BCUT2D eigenvalue weighted by atomic mass is 19.1. The van der Waals surface area contributed by atoms with Crippen molar-refractivity contribution in [3.63, 3.8) is 0 Å². The number of hydrogen-bond acceptors (Lipinski definition) is 4. The van der Waals surface area contributed by atoms with Crippen LogP contribution in [0.15, 0.2) is 67.1 Å². The van der Waals surface area contributed by atoms with Crippen molar-refractivity contribution in [2.75, 3.05) is 26.7 Å². The van der Waals surface area contributed by atoms with Crippen LogP contribution in [0.4, 0.5) is 4.39 Å². The van der Waals surface area contributed by atoms with Crippen molar-refractivity contribution in [2.45, 2.75) is 45.1 Å². The minimum Gasteiger partial charge on any atom is -0.478 e. The molecule has 0 spiro atoms. The molecular formula is C32H35FN4O3. The smallest absolute Gasteiger partial charge is 0.335 e. The van der Waals surface area contributed by atoms with Crippen LogP contribution in [0.1, 0.15) is 64.4 Å². The Balaban J connectivity index is 1.37. The number of pyridine rings is 1. The van der Waals surface area contributed by atoms with E-state index in [0.29, 0.717) is 22.7 Å². The zero-order chi connectivity index (χ0) is 28.4. The van der Waals surface area contributed by atoms with E-state index in [1.54, 1.807) is 42.4 Å². The average molecular weight is 543 g/mol. The highest BCUT2D eigenvalue weighted by Gasteiger charge is 2.26. The van der Waals surface area contributed by atoms with Crippen molar-refractivity contribution in [3.05, 3.63) is 95.2 Å². The fourth-order valence-corrected chi connectivity index (χ4v) is 5.55. The SMILES string of the molecule is CC(C)N(C)C(=O)c1cc(F)ccc1-n1cc(C2CCN(CCc3cccc(C(=O)O)c3)CC2)c2ccncc21. The van der Waals surface area contributed by atoms with Gasteiger partial charge < -0.3 is 19.5 Å². The number of likely N-dealkylation sites (tertiary alicyclic amines) is 1. The Bertz CT molecular complexity index is 1540. The molecule has 4 aromatic rings. The number of nitrogens with zero attached hydrogens (tertiary/aromatic N) is 4. The largest absolute Gasteiger partial charge is 0.478 e. The maximum absolute atomic E-state index is 14.3. The molecule has 1 aliphatic heterocycles. The number of rotatable bonds is 8. The summed E-state index contributed by atoms with van der Waals surface area (Å²) >= 11 is 0. The first kappa shape index (κ1) is 27.5. The van der Waals surface area contributed by atoms with Crippen LogP contribution in [0.3, 0.4) is 0 Å². The number of carbonyl (C=O) groups is 2. The molecule has 7 nitrogen and oxygen atoms in total. The molecular weight excluding hydrogens is 507 g/mol. The second-order valence-corrected chi connectivity index (χ2v) is 10.9. The number of carboxylic acid groups (broad SMARTS) is 1. The van der Waals surface area contributed by atoms with Crippen LogP contribution in [0.25, 0.3) is 16.6 Å².